The summed E-state index contributed by atoms with van der Waals surface area (Å²) in [5.41, 5.74) is 1.82. The molecular formula is C21H21N3O5S2. The highest BCUT2D eigenvalue weighted by molar-refractivity contribution is 7.92. The average molecular weight is 460 g/mol. The molecule has 0 radical (unpaired) electrons. The third kappa shape index (κ3) is 5.09. The molecule has 0 aliphatic rings. The SMILES string of the molecule is CCOC(=O)c1csc(NC(=O)c2ccc(N(C)S(=O)(=O)c3ccc(C)cc3)cc2)n1. The van der Waals surface area contributed by atoms with E-state index in [0.717, 1.165) is 21.2 Å². The van der Waals surface area contributed by atoms with E-state index < -0.39 is 21.9 Å². The van der Waals surface area contributed by atoms with Crippen LogP contribution in [0.5, 0.6) is 0 Å². The monoisotopic (exact) mass is 459 g/mol. The number of nitrogens with zero attached hydrogens (tertiary/aromatic N) is 2. The van der Waals surface area contributed by atoms with Crippen LogP contribution in [0.25, 0.3) is 0 Å². The fourth-order valence-corrected chi connectivity index (χ4v) is 4.50. The summed E-state index contributed by atoms with van der Waals surface area (Å²) in [4.78, 5) is 28.3. The molecule has 0 saturated carbocycles. The number of nitrogens with one attached hydrogen (secondary N) is 1. The second-order valence-electron chi connectivity index (χ2n) is 6.54. The first-order valence-electron chi connectivity index (χ1n) is 9.32. The van der Waals surface area contributed by atoms with E-state index in [1.165, 1.54) is 24.6 Å². The van der Waals surface area contributed by atoms with Gasteiger partial charge in [0.25, 0.3) is 15.9 Å². The largest absolute Gasteiger partial charge is 0.461 e. The Hall–Kier alpha value is -3.24. The van der Waals surface area contributed by atoms with Gasteiger partial charge in [0.1, 0.15) is 0 Å². The summed E-state index contributed by atoms with van der Waals surface area (Å²) in [5.74, 6) is -0.984. The number of benzene rings is 2. The lowest BCUT2D eigenvalue weighted by molar-refractivity contribution is 0.0520. The molecule has 8 nitrogen and oxygen atoms in total. The second kappa shape index (κ2) is 9.27. The molecule has 1 amide bonds. The van der Waals surface area contributed by atoms with Crippen LogP contribution in [-0.2, 0) is 14.8 Å². The maximum absolute atomic E-state index is 12.8. The Morgan fingerprint density at radius 1 is 1.10 bits per heavy atom. The highest BCUT2D eigenvalue weighted by atomic mass is 32.2. The number of rotatable bonds is 7. The summed E-state index contributed by atoms with van der Waals surface area (Å²) < 4.78 is 31.6. The van der Waals surface area contributed by atoms with Crippen LogP contribution >= 0.6 is 11.3 Å². The van der Waals surface area contributed by atoms with Crippen LogP contribution in [0.2, 0.25) is 0 Å². The van der Waals surface area contributed by atoms with Crippen LogP contribution < -0.4 is 9.62 Å². The van der Waals surface area contributed by atoms with Gasteiger partial charge in [-0.1, -0.05) is 17.7 Å². The standard InChI is InChI=1S/C21H21N3O5S2/c1-4-29-20(26)18-13-30-21(22-18)23-19(25)15-7-9-16(10-8-15)24(3)31(27,28)17-11-5-14(2)6-12-17/h5-13H,4H2,1-3H3,(H,22,23,25). The maximum Gasteiger partial charge on any atom is 0.357 e. The van der Waals surface area contributed by atoms with Crippen molar-refractivity contribution < 1.29 is 22.7 Å². The number of anilines is 2. The van der Waals surface area contributed by atoms with Crippen LogP contribution in [-0.4, -0.2) is 38.9 Å². The summed E-state index contributed by atoms with van der Waals surface area (Å²) in [6.07, 6.45) is 0. The summed E-state index contributed by atoms with van der Waals surface area (Å²) >= 11 is 1.11. The van der Waals surface area contributed by atoms with Gasteiger partial charge in [0.15, 0.2) is 10.8 Å². The van der Waals surface area contributed by atoms with Crippen molar-refractivity contribution in [1.82, 2.24) is 4.98 Å². The number of ether oxygens (including phenoxy) is 1. The van der Waals surface area contributed by atoms with Crippen molar-refractivity contribution in [3.8, 4) is 0 Å². The molecule has 0 aliphatic carbocycles. The van der Waals surface area contributed by atoms with Crippen LogP contribution in [0.1, 0.15) is 33.3 Å². The number of amides is 1. The van der Waals surface area contributed by atoms with Gasteiger partial charge in [-0.15, -0.1) is 11.3 Å². The topological polar surface area (TPSA) is 106 Å². The van der Waals surface area contributed by atoms with E-state index in [2.05, 4.69) is 10.3 Å². The highest BCUT2D eigenvalue weighted by Gasteiger charge is 2.21. The van der Waals surface area contributed by atoms with Crippen molar-refractivity contribution in [1.29, 1.82) is 0 Å². The van der Waals surface area contributed by atoms with E-state index in [9.17, 15) is 18.0 Å². The van der Waals surface area contributed by atoms with Crippen molar-refractivity contribution in [3.05, 3.63) is 70.7 Å². The zero-order chi connectivity index (χ0) is 22.6. The number of aromatic nitrogens is 1. The Morgan fingerprint density at radius 2 is 1.74 bits per heavy atom. The van der Waals surface area contributed by atoms with Crippen molar-refractivity contribution >= 4 is 44.1 Å². The lowest BCUT2D eigenvalue weighted by atomic mass is 10.2. The molecule has 1 aromatic heterocycles. The van der Waals surface area contributed by atoms with Gasteiger partial charge in [-0.2, -0.15) is 0 Å². The minimum atomic E-state index is -3.72. The predicted molar refractivity (Wildman–Crippen MR) is 119 cm³/mol. The molecule has 0 saturated heterocycles. The van der Waals surface area contributed by atoms with Crippen LogP contribution in [0.3, 0.4) is 0 Å². The van der Waals surface area contributed by atoms with E-state index >= 15 is 0 Å². The van der Waals surface area contributed by atoms with E-state index in [1.807, 2.05) is 6.92 Å². The second-order valence-corrected chi connectivity index (χ2v) is 9.37. The van der Waals surface area contributed by atoms with Gasteiger partial charge in [0.05, 0.1) is 17.2 Å². The predicted octanol–water partition coefficient (Wildman–Crippen LogP) is 3.71. The number of hydrogen-bond acceptors (Lipinski definition) is 7. The molecule has 0 unspecified atom stereocenters. The number of aryl methyl sites for hydroxylation is 1. The first-order valence-corrected chi connectivity index (χ1v) is 11.6. The lowest BCUT2D eigenvalue weighted by Gasteiger charge is -2.20. The minimum absolute atomic E-state index is 0.125. The van der Waals surface area contributed by atoms with Gasteiger partial charge < -0.3 is 4.74 Å². The first kappa shape index (κ1) is 22.4. The number of sulfonamides is 1. The Balaban J connectivity index is 1.71. The maximum atomic E-state index is 12.8. The molecule has 10 heteroatoms. The fraction of sp³-hybridized carbons (Fsp3) is 0.190. The van der Waals surface area contributed by atoms with E-state index in [0.29, 0.717) is 11.3 Å². The molecule has 3 rings (SSSR count). The zero-order valence-corrected chi connectivity index (χ0v) is 18.8. The van der Waals surface area contributed by atoms with Crippen LogP contribution in [0.15, 0.2) is 58.8 Å². The molecule has 0 spiro atoms. The molecule has 3 aromatic rings. The average Bonchev–Trinajstić information content (AvgIpc) is 3.22. The Bertz CT molecular complexity index is 1190. The zero-order valence-electron chi connectivity index (χ0n) is 17.2. The molecule has 1 heterocycles. The lowest BCUT2D eigenvalue weighted by Crippen LogP contribution is -2.26. The molecule has 1 N–H and O–H groups in total. The van der Waals surface area contributed by atoms with E-state index in [1.54, 1.807) is 43.3 Å². The van der Waals surface area contributed by atoms with Crippen molar-refractivity contribution in [2.24, 2.45) is 0 Å². The summed E-state index contributed by atoms with van der Waals surface area (Å²) in [6, 6.07) is 12.7. The number of esters is 1. The Labute approximate surface area is 184 Å². The molecule has 0 fully saturated rings. The quantitative estimate of drug-likeness (QED) is 0.540. The molecule has 0 atom stereocenters. The van der Waals surface area contributed by atoms with Gasteiger partial charge >= 0.3 is 5.97 Å². The van der Waals surface area contributed by atoms with Crippen LogP contribution in [0, 0.1) is 6.92 Å². The molecule has 0 aliphatic heterocycles. The molecular weight excluding hydrogens is 438 g/mol. The molecule has 2 aromatic carbocycles. The van der Waals surface area contributed by atoms with Crippen molar-refractivity contribution in [2.75, 3.05) is 23.3 Å². The first-order chi connectivity index (χ1) is 14.7. The van der Waals surface area contributed by atoms with Crippen molar-refractivity contribution in [3.63, 3.8) is 0 Å². The minimum Gasteiger partial charge on any atom is -0.461 e. The van der Waals surface area contributed by atoms with E-state index in [-0.39, 0.29) is 22.3 Å². The summed E-state index contributed by atoms with van der Waals surface area (Å²) in [7, 11) is -2.26. The van der Waals surface area contributed by atoms with Crippen LogP contribution in [0.4, 0.5) is 10.8 Å². The number of carbonyl (C=O) groups excluding carboxylic acids is 2. The van der Waals surface area contributed by atoms with Gasteiger partial charge in [-0.25, -0.2) is 18.2 Å². The van der Waals surface area contributed by atoms with Gasteiger partial charge in [0.2, 0.25) is 0 Å². The Morgan fingerprint density at radius 3 is 2.35 bits per heavy atom. The van der Waals surface area contributed by atoms with Gasteiger partial charge in [-0.05, 0) is 50.2 Å². The third-order valence-corrected chi connectivity index (χ3v) is 6.94. The summed E-state index contributed by atoms with van der Waals surface area (Å²) in [6.45, 7) is 3.81. The van der Waals surface area contributed by atoms with Gasteiger partial charge in [0, 0.05) is 18.0 Å². The third-order valence-electron chi connectivity index (χ3n) is 4.38. The normalized spacial score (nSPS) is 11.1. The molecule has 162 valence electrons. The molecule has 31 heavy (non-hydrogen) atoms. The smallest absolute Gasteiger partial charge is 0.357 e. The van der Waals surface area contributed by atoms with E-state index in [4.69, 9.17) is 4.74 Å². The van der Waals surface area contributed by atoms with Crippen molar-refractivity contribution in [2.45, 2.75) is 18.7 Å². The number of carbonyl (C=O) groups is 2. The van der Waals surface area contributed by atoms with Gasteiger partial charge in [-0.3, -0.25) is 14.4 Å². The molecule has 0 bridgehead atoms. The number of hydrogen-bond donors (Lipinski definition) is 1. The highest BCUT2D eigenvalue weighted by Crippen LogP contribution is 2.23. The fourth-order valence-electron chi connectivity index (χ4n) is 2.63. The summed E-state index contributed by atoms with van der Waals surface area (Å²) in [5, 5.41) is 4.38. The Kier molecular flexibility index (Phi) is 6.71. The number of thiazole rings is 1.